The number of amides is 1. The highest BCUT2D eigenvalue weighted by Crippen LogP contribution is 2.37. The highest BCUT2D eigenvalue weighted by atomic mass is 19.1. The van der Waals surface area contributed by atoms with Gasteiger partial charge < -0.3 is 24.7 Å². The molecule has 1 N–H and O–H groups in total. The molecule has 214 valence electrons. The Kier molecular flexibility index (Phi) is 7.65. The quantitative estimate of drug-likeness (QED) is 0.150. The molecule has 2 aromatic heterocycles. The maximum absolute atomic E-state index is 15.2. The summed E-state index contributed by atoms with van der Waals surface area (Å²) in [6.07, 6.45) is 2.86. The number of ether oxygens (including phenoxy) is 3. The first kappa shape index (κ1) is 28.0. The van der Waals surface area contributed by atoms with Crippen LogP contribution in [0.3, 0.4) is 0 Å². The standard InChI is InChI=1S/C31H27FN4O6/c1-5-14-34-19(2)29(31(38)36(34)21-9-7-6-8-10-21)30(37)33-20-11-12-26(23(32)16-20)42-25-13-15-35(39)24-18-28(41-4)27(40-3)17-22(24)25/h5-13,15-18H,1,14H2,2-4H3,(H,33,37). The van der Waals surface area contributed by atoms with E-state index in [1.54, 1.807) is 48.0 Å². The molecule has 0 unspecified atom stereocenters. The van der Waals surface area contributed by atoms with E-state index in [4.69, 9.17) is 14.2 Å². The maximum atomic E-state index is 15.2. The number of aromatic nitrogens is 3. The molecule has 0 fully saturated rings. The van der Waals surface area contributed by atoms with E-state index in [9.17, 15) is 14.8 Å². The minimum atomic E-state index is -0.775. The first-order chi connectivity index (χ1) is 20.3. The Balaban J connectivity index is 1.44. The average Bonchev–Trinajstić information content (AvgIpc) is 3.24. The van der Waals surface area contributed by atoms with Crippen LogP contribution in [-0.4, -0.2) is 29.5 Å². The lowest BCUT2D eigenvalue weighted by atomic mass is 10.1. The number of nitrogens with one attached hydrogen (secondary N) is 1. The summed E-state index contributed by atoms with van der Waals surface area (Å²) in [5.41, 5.74) is 0.776. The van der Waals surface area contributed by atoms with E-state index < -0.39 is 17.3 Å². The summed E-state index contributed by atoms with van der Waals surface area (Å²) in [6.45, 7) is 5.71. The number of carbonyl (C=O) groups excluding carboxylic acids is 1. The number of rotatable bonds is 9. The van der Waals surface area contributed by atoms with Gasteiger partial charge in [0.05, 0.1) is 43.6 Å². The van der Waals surface area contributed by atoms with E-state index >= 15 is 4.39 Å². The summed E-state index contributed by atoms with van der Waals surface area (Å²) in [5.74, 6) is -0.690. The predicted molar refractivity (Wildman–Crippen MR) is 155 cm³/mol. The minimum absolute atomic E-state index is 0.0764. The van der Waals surface area contributed by atoms with Crippen molar-refractivity contribution in [1.82, 2.24) is 9.36 Å². The van der Waals surface area contributed by atoms with E-state index in [1.807, 2.05) is 6.07 Å². The molecular weight excluding hydrogens is 543 g/mol. The van der Waals surface area contributed by atoms with Gasteiger partial charge in [-0.05, 0) is 31.2 Å². The summed E-state index contributed by atoms with van der Waals surface area (Å²) in [4.78, 5) is 26.6. The Hall–Kier alpha value is -5.58. The lowest BCUT2D eigenvalue weighted by Crippen LogP contribution is -2.26. The first-order valence-electron chi connectivity index (χ1n) is 12.8. The van der Waals surface area contributed by atoms with Crippen LogP contribution in [0.5, 0.6) is 23.0 Å². The normalized spacial score (nSPS) is 10.9. The van der Waals surface area contributed by atoms with Gasteiger partial charge in [0.25, 0.3) is 11.5 Å². The Labute approximate surface area is 240 Å². The minimum Gasteiger partial charge on any atom is -0.618 e. The molecule has 0 aliphatic rings. The number of methoxy groups -OCH3 is 2. The van der Waals surface area contributed by atoms with Crippen molar-refractivity contribution in [3.8, 4) is 28.7 Å². The summed E-state index contributed by atoms with van der Waals surface area (Å²) in [7, 11) is 2.91. The molecule has 5 rings (SSSR count). The second kappa shape index (κ2) is 11.5. The van der Waals surface area contributed by atoms with Crippen molar-refractivity contribution in [2.24, 2.45) is 0 Å². The van der Waals surface area contributed by atoms with Gasteiger partial charge in [0.15, 0.2) is 29.3 Å². The zero-order valence-corrected chi connectivity index (χ0v) is 23.1. The molecule has 3 aromatic carbocycles. The fourth-order valence-electron chi connectivity index (χ4n) is 4.69. The summed E-state index contributed by atoms with van der Waals surface area (Å²) in [5, 5.41) is 15.4. The van der Waals surface area contributed by atoms with E-state index in [0.717, 1.165) is 6.07 Å². The number of hydrogen-bond acceptors (Lipinski definition) is 6. The Morgan fingerprint density at radius 2 is 1.74 bits per heavy atom. The lowest BCUT2D eigenvalue weighted by molar-refractivity contribution is -0.577. The van der Waals surface area contributed by atoms with Crippen molar-refractivity contribution in [3.63, 3.8) is 0 Å². The summed E-state index contributed by atoms with van der Waals surface area (Å²) >= 11 is 0. The number of hydrogen-bond donors (Lipinski definition) is 1. The van der Waals surface area contributed by atoms with Crippen LogP contribution in [0.1, 0.15) is 16.1 Å². The molecule has 0 atom stereocenters. The Morgan fingerprint density at radius 3 is 2.40 bits per heavy atom. The van der Waals surface area contributed by atoms with Gasteiger partial charge in [-0.25, -0.2) is 9.07 Å². The molecule has 1 amide bonds. The number of nitrogens with zero attached hydrogens (tertiary/aromatic N) is 3. The maximum Gasteiger partial charge on any atom is 0.284 e. The van der Waals surface area contributed by atoms with E-state index in [1.165, 1.54) is 49.4 Å². The molecule has 42 heavy (non-hydrogen) atoms. The van der Waals surface area contributed by atoms with Crippen LogP contribution in [0.4, 0.5) is 10.1 Å². The van der Waals surface area contributed by atoms with Gasteiger partial charge in [-0.15, -0.1) is 6.58 Å². The van der Waals surface area contributed by atoms with Gasteiger partial charge >= 0.3 is 0 Å². The van der Waals surface area contributed by atoms with Crippen LogP contribution in [0.2, 0.25) is 0 Å². The van der Waals surface area contributed by atoms with Crippen molar-refractivity contribution >= 4 is 22.5 Å². The third-order valence-corrected chi connectivity index (χ3v) is 6.70. The zero-order valence-electron chi connectivity index (χ0n) is 23.1. The summed E-state index contributed by atoms with van der Waals surface area (Å²) < 4.78 is 35.3. The van der Waals surface area contributed by atoms with Crippen LogP contribution in [0, 0.1) is 17.9 Å². The highest BCUT2D eigenvalue weighted by Gasteiger charge is 2.24. The van der Waals surface area contributed by atoms with Crippen molar-refractivity contribution in [3.05, 3.63) is 118 Å². The molecular formula is C31H27FN4O6. The van der Waals surface area contributed by atoms with Crippen molar-refractivity contribution in [2.75, 3.05) is 19.5 Å². The van der Waals surface area contributed by atoms with Crippen molar-refractivity contribution in [1.29, 1.82) is 0 Å². The smallest absolute Gasteiger partial charge is 0.284 e. The number of para-hydroxylation sites is 1. The van der Waals surface area contributed by atoms with E-state index in [-0.39, 0.29) is 28.3 Å². The van der Waals surface area contributed by atoms with E-state index in [0.29, 0.717) is 39.5 Å². The molecule has 11 heteroatoms. The van der Waals surface area contributed by atoms with Crippen LogP contribution in [-0.2, 0) is 6.54 Å². The Bertz CT molecular complexity index is 1880. The highest BCUT2D eigenvalue weighted by molar-refractivity contribution is 6.05. The molecule has 10 nitrogen and oxygen atoms in total. The number of pyridine rings is 1. The van der Waals surface area contributed by atoms with Gasteiger partial charge in [0, 0.05) is 23.9 Å². The third-order valence-electron chi connectivity index (χ3n) is 6.70. The van der Waals surface area contributed by atoms with Gasteiger partial charge in [-0.2, -0.15) is 4.73 Å². The number of carbonyl (C=O) groups is 1. The molecule has 0 saturated heterocycles. The van der Waals surface area contributed by atoms with E-state index in [2.05, 4.69) is 11.9 Å². The molecule has 0 aliphatic heterocycles. The van der Waals surface area contributed by atoms with Gasteiger partial charge in [0.2, 0.25) is 5.52 Å². The lowest BCUT2D eigenvalue weighted by Gasteiger charge is -2.13. The molecule has 5 aromatic rings. The molecule has 0 radical (unpaired) electrons. The number of fused-ring (bicyclic) bond motifs is 1. The summed E-state index contributed by atoms with van der Waals surface area (Å²) in [6, 6.07) is 17.3. The van der Waals surface area contributed by atoms with Gasteiger partial charge in [-0.1, -0.05) is 24.3 Å². The van der Waals surface area contributed by atoms with Crippen molar-refractivity contribution < 1.29 is 28.1 Å². The third kappa shape index (κ3) is 5.03. The van der Waals surface area contributed by atoms with Crippen LogP contribution in [0.25, 0.3) is 16.6 Å². The fourth-order valence-corrected chi connectivity index (χ4v) is 4.69. The largest absolute Gasteiger partial charge is 0.618 e. The fraction of sp³-hybridized carbons (Fsp3) is 0.129. The molecule has 0 spiro atoms. The van der Waals surface area contributed by atoms with Crippen LogP contribution >= 0.6 is 0 Å². The second-order valence-electron chi connectivity index (χ2n) is 9.22. The van der Waals surface area contributed by atoms with Crippen molar-refractivity contribution in [2.45, 2.75) is 13.5 Å². The van der Waals surface area contributed by atoms with Gasteiger partial charge in [-0.3, -0.25) is 14.3 Å². The average molecular weight is 571 g/mol. The number of anilines is 1. The topological polar surface area (TPSA) is 111 Å². The number of allylic oxidation sites excluding steroid dienone is 1. The molecule has 0 aliphatic carbocycles. The number of halogens is 1. The predicted octanol–water partition coefficient (Wildman–Crippen LogP) is 5.12. The second-order valence-corrected chi connectivity index (χ2v) is 9.22. The van der Waals surface area contributed by atoms with Crippen LogP contribution < -0.4 is 29.8 Å². The Morgan fingerprint density at radius 1 is 1.02 bits per heavy atom. The monoisotopic (exact) mass is 570 g/mol. The zero-order chi connectivity index (χ0) is 30.0. The SMILES string of the molecule is C=CCn1c(C)c(C(=O)Nc2ccc(Oc3cc[n+]([O-])c4cc(OC)c(OC)cc34)c(F)c2)c(=O)n1-c1ccccc1. The first-order valence-corrected chi connectivity index (χ1v) is 12.8. The molecule has 0 saturated carbocycles. The van der Waals surface area contributed by atoms with Gasteiger partial charge in [0.1, 0.15) is 11.3 Å². The molecule has 2 heterocycles. The molecule has 0 bridgehead atoms. The van der Waals surface area contributed by atoms with Crippen LogP contribution in [0.15, 0.2) is 90.4 Å². The number of benzene rings is 3.